The van der Waals surface area contributed by atoms with Crippen LogP contribution < -0.4 is 5.32 Å². The van der Waals surface area contributed by atoms with E-state index in [-0.39, 0.29) is 11.3 Å². The van der Waals surface area contributed by atoms with Crippen molar-refractivity contribution in [3.8, 4) is 0 Å². The molecule has 2 heterocycles. The number of piperidine rings is 1. The Labute approximate surface area is 125 Å². The first kappa shape index (κ1) is 15.4. The summed E-state index contributed by atoms with van der Waals surface area (Å²) in [5.74, 6) is 0.149. The van der Waals surface area contributed by atoms with Crippen LogP contribution in [0.25, 0.3) is 0 Å². The van der Waals surface area contributed by atoms with Gasteiger partial charge < -0.3 is 10.2 Å². The third kappa shape index (κ3) is 3.20. The van der Waals surface area contributed by atoms with Crippen molar-refractivity contribution in [3.05, 3.63) is 15.6 Å². The molecule has 1 unspecified atom stereocenters. The molecule has 20 heavy (non-hydrogen) atoms. The number of amides is 1. The van der Waals surface area contributed by atoms with Gasteiger partial charge in [0.05, 0.1) is 10.7 Å². The van der Waals surface area contributed by atoms with Gasteiger partial charge in [0, 0.05) is 24.5 Å². The highest BCUT2D eigenvalue weighted by atomic mass is 32.1. The normalized spacial score (nSPS) is 20.2. The number of nitrogens with zero attached hydrogens (tertiary/aromatic N) is 2. The summed E-state index contributed by atoms with van der Waals surface area (Å²) < 4.78 is 0. The van der Waals surface area contributed by atoms with Crippen molar-refractivity contribution in [1.82, 2.24) is 15.2 Å². The van der Waals surface area contributed by atoms with Gasteiger partial charge in [0.2, 0.25) is 0 Å². The van der Waals surface area contributed by atoms with E-state index in [0.717, 1.165) is 41.5 Å². The molecule has 5 heteroatoms. The molecule has 1 amide bonds. The van der Waals surface area contributed by atoms with E-state index in [1.807, 2.05) is 18.9 Å². The predicted octanol–water partition coefficient (Wildman–Crippen LogP) is 2.57. The van der Waals surface area contributed by atoms with Gasteiger partial charge in [0.25, 0.3) is 5.91 Å². The number of aromatic nitrogens is 1. The Kier molecular flexibility index (Phi) is 4.49. The van der Waals surface area contributed by atoms with Crippen molar-refractivity contribution >= 4 is 17.2 Å². The Bertz CT molecular complexity index is 490. The molecule has 1 aromatic heterocycles. The van der Waals surface area contributed by atoms with E-state index in [1.165, 1.54) is 0 Å². The number of likely N-dealkylation sites (N-methyl/N-ethyl adjacent to an activating group) is 1. The molecule has 0 radical (unpaired) electrons. The highest BCUT2D eigenvalue weighted by Gasteiger charge is 2.28. The van der Waals surface area contributed by atoms with Crippen LogP contribution in [0.2, 0.25) is 0 Å². The van der Waals surface area contributed by atoms with Gasteiger partial charge in [-0.05, 0) is 26.8 Å². The summed E-state index contributed by atoms with van der Waals surface area (Å²) in [6.07, 6.45) is 2.22. The molecule has 2 rings (SSSR count). The van der Waals surface area contributed by atoms with Crippen LogP contribution in [0.4, 0.5) is 0 Å². The van der Waals surface area contributed by atoms with E-state index in [4.69, 9.17) is 0 Å². The van der Waals surface area contributed by atoms with E-state index >= 15 is 0 Å². The van der Waals surface area contributed by atoms with Gasteiger partial charge in [0.1, 0.15) is 4.88 Å². The van der Waals surface area contributed by atoms with E-state index in [9.17, 15) is 4.79 Å². The molecular weight excluding hydrogens is 270 g/mol. The lowest BCUT2D eigenvalue weighted by Gasteiger charge is -2.32. The Morgan fingerprint density at radius 2 is 2.15 bits per heavy atom. The van der Waals surface area contributed by atoms with Gasteiger partial charge in [-0.3, -0.25) is 4.79 Å². The SMILES string of the molecule is CNC1CCCN(C(=O)c2sc(C(C)(C)C)nc2C)C1. The van der Waals surface area contributed by atoms with Crippen molar-refractivity contribution in [2.24, 2.45) is 0 Å². The van der Waals surface area contributed by atoms with Crippen LogP contribution >= 0.6 is 11.3 Å². The lowest BCUT2D eigenvalue weighted by Crippen LogP contribution is -2.46. The number of thiazole rings is 1. The Balaban J connectivity index is 2.19. The number of nitrogens with one attached hydrogen (secondary N) is 1. The van der Waals surface area contributed by atoms with Crippen molar-refractivity contribution in [2.75, 3.05) is 20.1 Å². The zero-order chi connectivity index (χ0) is 14.9. The fourth-order valence-corrected chi connectivity index (χ4v) is 3.55. The van der Waals surface area contributed by atoms with E-state index in [2.05, 4.69) is 31.1 Å². The maximum absolute atomic E-state index is 12.7. The Morgan fingerprint density at radius 3 is 2.70 bits per heavy atom. The van der Waals surface area contributed by atoms with Crippen LogP contribution in [0.15, 0.2) is 0 Å². The standard InChI is InChI=1S/C15H25N3OS/c1-10-12(20-14(17-10)15(2,3)4)13(19)18-8-6-7-11(9-18)16-5/h11,16H,6-9H2,1-5H3. The van der Waals surface area contributed by atoms with E-state index in [1.54, 1.807) is 11.3 Å². The van der Waals surface area contributed by atoms with Gasteiger partial charge in [-0.1, -0.05) is 20.8 Å². The number of carbonyl (C=O) groups excluding carboxylic acids is 1. The third-order valence-electron chi connectivity index (χ3n) is 3.75. The third-order valence-corrected chi connectivity index (χ3v) is 5.32. The second-order valence-electron chi connectivity index (χ2n) is 6.56. The van der Waals surface area contributed by atoms with Crippen LogP contribution in [0, 0.1) is 6.92 Å². The fourth-order valence-electron chi connectivity index (χ4n) is 2.46. The summed E-state index contributed by atoms with van der Waals surface area (Å²) in [5.41, 5.74) is 0.875. The van der Waals surface area contributed by atoms with Gasteiger partial charge in [0.15, 0.2) is 0 Å². The van der Waals surface area contributed by atoms with E-state index < -0.39 is 0 Å². The summed E-state index contributed by atoms with van der Waals surface area (Å²) in [6.45, 7) is 10.0. The maximum Gasteiger partial charge on any atom is 0.265 e. The summed E-state index contributed by atoms with van der Waals surface area (Å²) in [6, 6.07) is 0.419. The van der Waals surface area contributed by atoms with Crippen LogP contribution in [-0.2, 0) is 5.41 Å². The molecule has 4 nitrogen and oxygen atoms in total. The molecule has 0 aliphatic carbocycles. The highest BCUT2D eigenvalue weighted by Crippen LogP contribution is 2.30. The fraction of sp³-hybridized carbons (Fsp3) is 0.733. The van der Waals surface area contributed by atoms with Crippen molar-refractivity contribution in [2.45, 2.75) is 52.0 Å². The van der Waals surface area contributed by atoms with E-state index in [0.29, 0.717) is 6.04 Å². The van der Waals surface area contributed by atoms with Crippen LogP contribution in [-0.4, -0.2) is 42.0 Å². The van der Waals surface area contributed by atoms with Gasteiger partial charge in [-0.15, -0.1) is 11.3 Å². The first-order valence-corrected chi connectivity index (χ1v) is 8.09. The molecule has 0 aromatic carbocycles. The van der Waals surface area contributed by atoms with Crippen molar-refractivity contribution in [3.63, 3.8) is 0 Å². The summed E-state index contributed by atoms with van der Waals surface area (Å²) in [7, 11) is 1.97. The monoisotopic (exact) mass is 295 g/mol. The number of rotatable bonds is 2. The molecule has 1 aliphatic rings. The zero-order valence-corrected chi connectivity index (χ0v) is 13.9. The lowest BCUT2D eigenvalue weighted by atomic mass is 9.98. The first-order chi connectivity index (χ1) is 9.32. The van der Waals surface area contributed by atoms with Crippen molar-refractivity contribution < 1.29 is 4.79 Å². The second-order valence-corrected chi connectivity index (χ2v) is 7.56. The first-order valence-electron chi connectivity index (χ1n) is 7.27. The highest BCUT2D eigenvalue weighted by molar-refractivity contribution is 7.14. The Hall–Kier alpha value is -0.940. The quantitative estimate of drug-likeness (QED) is 0.912. The molecule has 0 saturated carbocycles. The average molecular weight is 295 g/mol. The molecule has 1 saturated heterocycles. The average Bonchev–Trinajstić information content (AvgIpc) is 2.80. The zero-order valence-electron chi connectivity index (χ0n) is 13.1. The Morgan fingerprint density at radius 1 is 1.45 bits per heavy atom. The molecule has 0 bridgehead atoms. The van der Waals surface area contributed by atoms with Crippen molar-refractivity contribution in [1.29, 1.82) is 0 Å². The molecule has 1 aliphatic heterocycles. The largest absolute Gasteiger partial charge is 0.336 e. The number of carbonyl (C=O) groups is 1. The molecule has 1 atom stereocenters. The minimum Gasteiger partial charge on any atom is -0.336 e. The molecular formula is C15H25N3OS. The topological polar surface area (TPSA) is 45.2 Å². The number of aryl methyl sites for hydroxylation is 1. The van der Waals surface area contributed by atoms with Crippen LogP contribution in [0.5, 0.6) is 0 Å². The summed E-state index contributed by atoms with van der Waals surface area (Å²) in [5, 5.41) is 4.32. The molecule has 1 fully saturated rings. The number of likely N-dealkylation sites (tertiary alicyclic amines) is 1. The van der Waals surface area contributed by atoms with Gasteiger partial charge in [-0.2, -0.15) is 0 Å². The summed E-state index contributed by atoms with van der Waals surface area (Å²) in [4.78, 5) is 20.1. The molecule has 0 spiro atoms. The van der Waals surface area contributed by atoms with Crippen LogP contribution in [0.3, 0.4) is 0 Å². The number of hydrogen-bond donors (Lipinski definition) is 1. The molecule has 112 valence electrons. The molecule has 1 aromatic rings. The molecule has 1 N–H and O–H groups in total. The van der Waals surface area contributed by atoms with Crippen LogP contribution in [0.1, 0.15) is 54.0 Å². The van der Waals surface area contributed by atoms with Gasteiger partial charge >= 0.3 is 0 Å². The van der Waals surface area contributed by atoms with Gasteiger partial charge in [-0.25, -0.2) is 4.98 Å². The summed E-state index contributed by atoms with van der Waals surface area (Å²) >= 11 is 1.55. The predicted molar refractivity (Wildman–Crippen MR) is 83.5 cm³/mol. The second kappa shape index (κ2) is 5.82. The minimum absolute atomic E-state index is 0.00334. The minimum atomic E-state index is 0.00334. The smallest absolute Gasteiger partial charge is 0.265 e. The number of hydrogen-bond acceptors (Lipinski definition) is 4. The maximum atomic E-state index is 12.7. The lowest BCUT2D eigenvalue weighted by molar-refractivity contribution is 0.0702.